The normalized spacial score (nSPS) is 22.7. The summed E-state index contributed by atoms with van der Waals surface area (Å²) in [6.07, 6.45) is 7.71. The van der Waals surface area contributed by atoms with E-state index in [9.17, 15) is 4.79 Å². The molecular weight excluding hydrogens is 228 g/mol. The predicted molar refractivity (Wildman–Crippen MR) is 72.2 cm³/mol. The molecule has 0 spiro atoms. The van der Waals surface area contributed by atoms with Crippen molar-refractivity contribution in [2.45, 2.75) is 38.5 Å². The maximum absolute atomic E-state index is 11.7. The molecule has 2 aliphatic heterocycles. The van der Waals surface area contributed by atoms with Crippen LogP contribution < -0.4 is 10.6 Å². The van der Waals surface area contributed by atoms with Crippen LogP contribution in [0, 0.1) is 0 Å². The first-order valence-corrected chi connectivity index (χ1v) is 7.31. The van der Waals surface area contributed by atoms with Crippen molar-refractivity contribution in [3.63, 3.8) is 0 Å². The van der Waals surface area contributed by atoms with Gasteiger partial charge < -0.3 is 10.6 Å². The third-order valence-corrected chi connectivity index (χ3v) is 3.82. The molecule has 2 rings (SSSR count). The number of rotatable bonds is 4. The molecule has 0 aromatic carbocycles. The first kappa shape index (κ1) is 13.6. The molecular formula is C13H26N4O. The van der Waals surface area contributed by atoms with Crippen LogP contribution in [0.15, 0.2) is 0 Å². The van der Waals surface area contributed by atoms with Crippen LogP contribution in [0.3, 0.4) is 0 Å². The Bertz CT molecular complexity index is 223. The van der Waals surface area contributed by atoms with Crippen molar-refractivity contribution < 1.29 is 4.79 Å². The summed E-state index contributed by atoms with van der Waals surface area (Å²) in [5.74, 6) is 0. The fourth-order valence-electron chi connectivity index (χ4n) is 2.66. The highest BCUT2D eigenvalue weighted by Gasteiger charge is 2.12. The van der Waals surface area contributed by atoms with Gasteiger partial charge in [0.2, 0.25) is 0 Å². The van der Waals surface area contributed by atoms with Crippen LogP contribution in [0.2, 0.25) is 0 Å². The first-order chi connectivity index (χ1) is 8.84. The molecule has 0 unspecified atom stereocenters. The monoisotopic (exact) mass is 254 g/mol. The van der Waals surface area contributed by atoms with Crippen molar-refractivity contribution in [3.05, 3.63) is 0 Å². The van der Waals surface area contributed by atoms with E-state index in [0.29, 0.717) is 13.3 Å². The molecule has 5 heteroatoms. The third kappa shape index (κ3) is 4.82. The summed E-state index contributed by atoms with van der Waals surface area (Å²) in [4.78, 5) is 16.3. The van der Waals surface area contributed by atoms with Gasteiger partial charge in [-0.15, -0.1) is 0 Å². The fraction of sp³-hybridized carbons (Fsp3) is 0.923. The zero-order valence-electron chi connectivity index (χ0n) is 11.3. The smallest absolute Gasteiger partial charge is 0.316 e. The van der Waals surface area contributed by atoms with Gasteiger partial charge in [-0.25, -0.2) is 4.79 Å². The van der Waals surface area contributed by atoms with Gasteiger partial charge in [-0.3, -0.25) is 9.80 Å². The van der Waals surface area contributed by atoms with E-state index < -0.39 is 0 Å². The second-order valence-electron chi connectivity index (χ2n) is 5.36. The molecule has 2 heterocycles. The highest BCUT2D eigenvalue weighted by atomic mass is 16.2. The lowest BCUT2D eigenvalue weighted by atomic mass is 10.1. The quantitative estimate of drug-likeness (QED) is 0.792. The number of hydrogen-bond donors (Lipinski definition) is 2. The Morgan fingerprint density at radius 3 is 1.50 bits per heavy atom. The Kier molecular flexibility index (Phi) is 5.74. The highest BCUT2D eigenvalue weighted by Crippen LogP contribution is 2.07. The standard InChI is InChI=1S/C13H26N4O/c18-13(14-11-16-7-3-1-4-8-16)15-12-17-9-5-2-6-10-17/h1-12H2,(H2,14,15,18). The van der Waals surface area contributed by atoms with Gasteiger partial charge in [-0.05, 0) is 51.9 Å². The first-order valence-electron chi connectivity index (χ1n) is 7.31. The molecule has 0 aromatic heterocycles. The van der Waals surface area contributed by atoms with Crippen LogP contribution in [0.1, 0.15) is 38.5 Å². The number of nitrogens with zero attached hydrogens (tertiary/aromatic N) is 2. The maximum Gasteiger partial charge on any atom is 0.316 e. The Hall–Kier alpha value is -0.810. The third-order valence-electron chi connectivity index (χ3n) is 3.82. The summed E-state index contributed by atoms with van der Waals surface area (Å²) in [7, 11) is 0. The zero-order valence-corrected chi connectivity index (χ0v) is 11.3. The van der Waals surface area contributed by atoms with Gasteiger partial charge in [0.05, 0.1) is 13.3 Å². The van der Waals surface area contributed by atoms with Gasteiger partial charge in [-0.2, -0.15) is 0 Å². The van der Waals surface area contributed by atoms with Gasteiger partial charge >= 0.3 is 6.03 Å². The van der Waals surface area contributed by atoms with Crippen LogP contribution >= 0.6 is 0 Å². The molecule has 2 aliphatic rings. The van der Waals surface area contributed by atoms with E-state index in [1.165, 1.54) is 38.5 Å². The number of carbonyl (C=O) groups is 1. The number of amides is 2. The minimum atomic E-state index is -0.0360. The summed E-state index contributed by atoms with van der Waals surface area (Å²) in [6, 6.07) is -0.0360. The van der Waals surface area contributed by atoms with E-state index >= 15 is 0 Å². The Morgan fingerprint density at radius 2 is 1.11 bits per heavy atom. The van der Waals surface area contributed by atoms with E-state index in [1.807, 2.05) is 0 Å². The van der Waals surface area contributed by atoms with Crippen LogP contribution in [-0.4, -0.2) is 55.3 Å². The number of urea groups is 1. The maximum atomic E-state index is 11.7. The van der Waals surface area contributed by atoms with Gasteiger partial charge in [0.1, 0.15) is 0 Å². The Balaban J connectivity index is 1.54. The Labute approximate surface area is 110 Å². The summed E-state index contributed by atoms with van der Waals surface area (Å²) >= 11 is 0. The largest absolute Gasteiger partial charge is 0.325 e. The van der Waals surface area contributed by atoms with Crippen molar-refractivity contribution >= 4 is 6.03 Å². The molecule has 2 saturated heterocycles. The molecule has 18 heavy (non-hydrogen) atoms. The van der Waals surface area contributed by atoms with Crippen molar-refractivity contribution in [2.75, 3.05) is 39.5 Å². The molecule has 0 saturated carbocycles. The molecule has 0 aliphatic carbocycles. The van der Waals surface area contributed by atoms with Gasteiger partial charge in [0.15, 0.2) is 0 Å². The van der Waals surface area contributed by atoms with Crippen LogP contribution in [-0.2, 0) is 0 Å². The van der Waals surface area contributed by atoms with Crippen molar-refractivity contribution in [2.24, 2.45) is 0 Å². The average molecular weight is 254 g/mol. The number of hydrogen-bond acceptors (Lipinski definition) is 3. The van der Waals surface area contributed by atoms with Crippen molar-refractivity contribution in [1.29, 1.82) is 0 Å². The summed E-state index contributed by atoms with van der Waals surface area (Å²) in [6.45, 7) is 5.84. The van der Waals surface area contributed by atoms with Crippen molar-refractivity contribution in [3.8, 4) is 0 Å². The topological polar surface area (TPSA) is 47.6 Å². The van der Waals surface area contributed by atoms with Crippen LogP contribution in [0.25, 0.3) is 0 Å². The number of nitrogens with one attached hydrogen (secondary N) is 2. The molecule has 0 atom stereocenters. The van der Waals surface area contributed by atoms with Crippen LogP contribution in [0.5, 0.6) is 0 Å². The van der Waals surface area contributed by atoms with Gasteiger partial charge in [-0.1, -0.05) is 12.8 Å². The van der Waals surface area contributed by atoms with E-state index in [4.69, 9.17) is 0 Å². The number of carbonyl (C=O) groups excluding carboxylic acids is 1. The minimum absolute atomic E-state index is 0.0360. The summed E-state index contributed by atoms with van der Waals surface area (Å²) < 4.78 is 0. The average Bonchev–Trinajstić information content (AvgIpc) is 2.45. The van der Waals surface area contributed by atoms with Crippen molar-refractivity contribution in [1.82, 2.24) is 20.4 Å². The summed E-state index contributed by atoms with van der Waals surface area (Å²) in [5.41, 5.74) is 0. The molecule has 2 N–H and O–H groups in total. The second-order valence-corrected chi connectivity index (χ2v) is 5.36. The molecule has 0 radical (unpaired) electrons. The zero-order chi connectivity index (χ0) is 12.6. The fourth-order valence-corrected chi connectivity index (χ4v) is 2.66. The summed E-state index contributed by atoms with van der Waals surface area (Å²) in [5, 5.41) is 5.88. The molecule has 0 aromatic rings. The molecule has 104 valence electrons. The predicted octanol–water partition coefficient (Wildman–Crippen LogP) is 1.17. The second kappa shape index (κ2) is 7.59. The lowest BCUT2D eigenvalue weighted by Gasteiger charge is -2.28. The Morgan fingerprint density at radius 1 is 0.722 bits per heavy atom. The number of likely N-dealkylation sites (tertiary alicyclic amines) is 2. The number of piperidine rings is 2. The highest BCUT2D eigenvalue weighted by molar-refractivity contribution is 5.73. The molecule has 2 fully saturated rings. The van der Waals surface area contributed by atoms with Gasteiger partial charge in [0.25, 0.3) is 0 Å². The minimum Gasteiger partial charge on any atom is -0.325 e. The molecule has 2 amide bonds. The lowest BCUT2D eigenvalue weighted by molar-refractivity contribution is 0.186. The lowest BCUT2D eigenvalue weighted by Crippen LogP contribution is -2.48. The van der Waals surface area contributed by atoms with E-state index in [-0.39, 0.29) is 6.03 Å². The molecule has 5 nitrogen and oxygen atoms in total. The van der Waals surface area contributed by atoms with E-state index in [0.717, 1.165) is 26.2 Å². The van der Waals surface area contributed by atoms with E-state index in [2.05, 4.69) is 20.4 Å². The SMILES string of the molecule is O=C(NCN1CCCCC1)NCN1CCCCC1. The van der Waals surface area contributed by atoms with Crippen LogP contribution in [0.4, 0.5) is 4.79 Å². The van der Waals surface area contributed by atoms with Gasteiger partial charge in [0, 0.05) is 0 Å². The van der Waals surface area contributed by atoms with E-state index in [1.54, 1.807) is 0 Å². The molecule has 0 bridgehead atoms.